The third-order valence-corrected chi connectivity index (χ3v) is 6.08. The second-order valence-corrected chi connectivity index (χ2v) is 8.35. The fraction of sp³-hybridized carbons (Fsp3) is 0.136. The lowest BCUT2D eigenvalue weighted by Gasteiger charge is -2.05. The van der Waals surface area contributed by atoms with Crippen LogP contribution in [0.15, 0.2) is 71.1 Å². The Balaban J connectivity index is 1.37. The normalized spacial score (nSPS) is 10.9. The molecule has 4 nitrogen and oxygen atoms in total. The van der Waals surface area contributed by atoms with Gasteiger partial charge in [0, 0.05) is 22.2 Å². The highest BCUT2D eigenvalue weighted by molar-refractivity contribution is 7.98. The molecule has 0 bridgehead atoms. The largest absolute Gasteiger partial charge is 0.326 e. The molecule has 2 aromatic carbocycles. The van der Waals surface area contributed by atoms with Gasteiger partial charge < -0.3 is 5.32 Å². The number of nitrogens with zero attached hydrogens (tertiary/aromatic N) is 2. The molecule has 2 aromatic heterocycles. The maximum Gasteiger partial charge on any atom is 0.231 e. The number of carbonyl (C=O) groups excluding carboxylic acids is 1. The fourth-order valence-corrected chi connectivity index (χ4v) is 4.67. The molecule has 0 fully saturated rings. The highest BCUT2D eigenvalue weighted by Crippen LogP contribution is 2.26. The van der Waals surface area contributed by atoms with Crippen molar-refractivity contribution < 1.29 is 4.79 Å². The van der Waals surface area contributed by atoms with E-state index in [4.69, 9.17) is 4.98 Å². The minimum Gasteiger partial charge on any atom is -0.326 e. The van der Waals surface area contributed by atoms with Crippen LogP contribution in [0.5, 0.6) is 0 Å². The number of thioether (sulfide) groups is 1. The van der Waals surface area contributed by atoms with Crippen molar-refractivity contribution >= 4 is 45.6 Å². The molecule has 0 saturated carbocycles. The molecule has 0 unspecified atom stereocenters. The van der Waals surface area contributed by atoms with E-state index in [-0.39, 0.29) is 12.3 Å². The van der Waals surface area contributed by atoms with Crippen LogP contribution in [0.25, 0.3) is 10.9 Å². The summed E-state index contributed by atoms with van der Waals surface area (Å²) < 4.78 is 0. The van der Waals surface area contributed by atoms with Crippen LogP contribution in [0.1, 0.15) is 16.3 Å². The first-order valence-corrected chi connectivity index (χ1v) is 10.8. The molecule has 0 spiro atoms. The Morgan fingerprint density at radius 2 is 1.86 bits per heavy atom. The van der Waals surface area contributed by atoms with E-state index in [1.807, 2.05) is 53.9 Å². The summed E-state index contributed by atoms with van der Waals surface area (Å²) in [6.07, 6.45) is 0.289. The summed E-state index contributed by atoms with van der Waals surface area (Å²) in [7, 11) is 0. The minimum atomic E-state index is -0.0495. The third kappa shape index (κ3) is 4.58. The van der Waals surface area contributed by atoms with Crippen LogP contribution >= 0.6 is 23.1 Å². The molecule has 2 heterocycles. The second kappa shape index (κ2) is 8.54. The van der Waals surface area contributed by atoms with Gasteiger partial charge in [0.15, 0.2) is 0 Å². The highest BCUT2D eigenvalue weighted by atomic mass is 32.2. The summed E-state index contributed by atoms with van der Waals surface area (Å²) >= 11 is 3.19. The van der Waals surface area contributed by atoms with Gasteiger partial charge in [-0.15, -0.1) is 11.3 Å². The first-order chi connectivity index (χ1) is 13.7. The number of amides is 1. The first kappa shape index (κ1) is 18.7. The molecule has 140 valence electrons. The SMILES string of the molecule is Cc1cc(SCc2csc(CC(=O)Nc3ccccc3)n2)nc2ccccc12. The molecule has 28 heavy (non-hydrogen) atoms. The van der Waals surface area contributed by atoms with Crippen molar-refractivity contribution in [2.45, 2.75) is 24.1 Å². The number of aryl methyl sites for hydroxylation is 1. The van der Waals surface area contributed by atoms with Crippen LogP contribution in [0.3, 0.4) is 0 Å². The molecule has 0 radical (unpaired) electrons. The topological polar surface area (TPSA) is 54.9 Å². The number of pyridine rings is 1. The van der Waals surface area contributed by atoms with Crippen molar-refractivity contribution in [1.29, 1.82) is 0 Å². The molecule has 4 rings (SSSR count). The number of hydrogen-bond acceptors (Lipinski definition) is 5. The van der Waals surface area contributed by atoms with Crippen LogP contribution < -0.4 is 5.32 Å². The van der Waals surface area contributed by atoms with Gasteiger partial charge in [0.25, 0.3) is 0 Å². The summed E-state index contributed by atoms with van der Waals surface area (Å²) in [5.74, 6) is 0.688. The van der Waals surface area contributed by atoms with Crippen LogP contribution in [0, 0.1) is 6.92 Å². The van der Waals surface area contributed by atoms with Crippen molar-refractivity contribution in [1.82, 2.24) is 9.97 Å². The average Bonchev–Trinajstić information content (AvgIpc) is 3.14. The smallest absolute Gasteiger partial charge is 0.231 e. The number of thiazole rings is 1. The van der Waals surface area contributed by atoms with E-state index in [0.717, 1.165) is 32.7 Å². The van der Waals surface area contributed by atoms with Crippen molar-refractivity contribution in [3.8, 4) is 0 Å². The predicted octanol–water partition coefficient (Wildman–Crippen LogP) is 5.47. The number of para-hydroxylation sites is 2. The second-order valence-electron chi connectivity index (χ2n) is 6.41. The van der Waals surface area contributed by atoms with Gasteiger partial charge in [-0.25, -0.2) is 9.97 Å². The summed E-state index contributed by atoms with van der Waals surface area (Å²) in [4.78, 5) is 21.5. The molecule has 0 aliphatic rings. The Morgan fingerprint density at radius 1 is 1.07 bits per heavy atom. The van der Waals surface area contributed by atoms with E-state index >= 15 is 0 Å². The van der Waals surface area contributed by atoms with E-state index in [0.29, 0.717) is 0 Å². The van der Waals surface area contributed by atoms with E-state index in [1.54, 1.807) is 11.8 Å². The first-order valence-electron chi connectivity index (χ1n) is 8.95. The average molecular weight is 406 g/mol. The Bertz CT molecular complexity index is 1110. The van der Waals surface area contributed by atoms with Crippen LogP contribution in [-0.4, -0.2) is 15.9 Å². The van der Waals surface area contributed by atoms with E-state index in [1.165, 1.54) is 22.3 Å². The molecule has 4 aromatic rings. The number of rotatable bonds is 6. The summed E-state index contributed by atoms with van der Waals surface area (Å²) in [5, 5.41) is 7.92. The maximum atomic E-state index is 12.2. The van der Waals surface area contributed by atoms with Crippen molar-refractivity contribution in [2.24, 2.45) is 0 Å². The van der Waals surface area contributed by atoms with Gasteiger partial charge in [-0.2, -0.15) is 0 Å². The van der Waals surface area contributed by atoms with Crippen molar-refractivity contribution in [2.75, 3.05) is 5.32 Å². The van der Waals surface area contributed by atoms with Gasteiger partial charge in [0.05, 0.1) is 22.7 Å². The molecule has 1 N–H and O–H groups in total. The molecular formula is C22H19N3OS2. The lowest BCUT2D eigenvalue weighted by Crippen LogP contribution is -2.14. The molecule has 1 amide bonds. The Labute approximate surface area is 172 Å². The van der Waals surface area contributed by atoms with Gasteiger partial charge in [-0.05, 0) is 36.8 Å². The van der Waals surface area contributed by atoms with Gasteiger partial charge in [0.2, 0.25) is 5.91 Å². The van der Waals surface area contributed by atoms with Gasteiger partial charge in [-0.3, -0.25) is 4.79 Å². The molecule has 0 saturated heterocycles. The number of benzene rings is 2. The zero-order chi connectivity index (χ0) is 19.3. The highest BCUT2D eigenvalue weighted by Gasteiger charge is 2.10. The lowest BCUT2D eigenvalue weighted by atomic mass is 10.1. The molecule has 6 heteroatoms. The Kier molecular flexibility index (Phi) is 5.69. The molecule has 0 aliphatic carbocycles. The van der Waals surface area contributed by atoms with Crippen LogP contribution in [-0.2, 0) is 17.0 Å². The minimum absolute atomic E-state index is 0.0495. The van der Waals surface area contributed by atoms with Crippen molar-refractivity contribution in [3.63, 3.8) is 0 Å². The lowest BCUT2D eigenvalue weighted by molar-refractivity contribution is -0.115. The molecular weight excluding hydrogens is 386 g/mol. The number of anilines is 1. The number of nitrogens with one attached hydrogen (secondary N) is 1. The van der Waals surface area contributed by atoms with Gasteiger partial charge in [0.1, 0.15) is 5.01 Å². The Hall–Kier alpha value is -2.70. The van der Waals surface area contributed by atoms with Crippen LogP contribution in [0.4, 0.5) is 5.69 Å². The Morgan fingerprint density at radius 3 is 2.71 bits per heavy atom. The maximum absolute atomic E-state index is 12.2. The quantitative estimate of drug-likeness (QED) is 0.432. The summed E-state index contributed by atoms with van der Waals surface area (Å²) in [6, 6.07) is 19.8. The molecule has 0 atom stereocenters. The van der Waals surface area contributed by atoms with E-state index in [2.05, 4.69) is 29.4 Å². The van der Waals surface area contributed by atoms with Crippen LogP contribution in [0.2, 0.25) is 0 Å². The standard InChI is InChI=1S/C22H19N3OS2/c1-15-11-21(25-19-10-6-5-9-18(15)19)27-13-17-14-28-22(24-17)12-20(26)23-16-7-3-2-4-8-16/h2-11,14H,12-13H2,1H3,(H,23,26). The van der Waals surface area contributed by atoms with E-state index in [9.17, 15) is 4.79 Å². The number of aromatic nitrogens is 2. The zero-order valence-corrected chi connectivity index (χ0v) is 17.0. The zero-order valence-electron chi connectivity index (χ0n) is 15.4. The predicted molar refractivity (Wildman–Crippen MR) is 117 cm³/mol. The van der Waals surface area contributed by atoms with Crippen molar-refractivity contribution in [3.05, 3.63) is 82.3 Å². The number of hydrogen-bond donors (Lipinski definition) is 1. The fourth-order valence-electron chi connectivity index (χ4n) is 2.90. The van der Waals surface area contributed by atoms with Gasteiger partial charge >= 0.3 is 0 Å². The number of carbonyl (C=O) groups is 1. The number of fused-ring (bicyclic) bond motifs is 1. The third-order valence-electron chi connectivity index (χ3n) is 4.24. The monoisotopic (exact) mass is 405 g/mol. The van der Waals surface area contributed by atoms with Gasteiger partial charge in [-0.1, -0.05) is 48.2 Å². The molecule has 0 aliphatic heterocycles. The summed E-state index contributed by atoms with van der Waals surface area (Å²) in [6.45, 7) is 2.11. The van der Waals surface area contributed by atoms with E-state index < -0.39 is 0 Å². The summed E-state index contributed by atoms with van der Waals surface area (Å²) in [5.41, 5.74) is 4.02.